The molecule has 0 aromatic heterocycles. The maximum Gasteiger partial charge on any atom is 0.0429 e. The molecular weight excluding hydrogens is 280 g/mol. The molecule has 0 fully saturated rings. The van der Waals surface area contributed by atoms with Gasteiger partial charge in [0.2, 0.25) is 0 Å². The number of benzene rings is 2. The van der Waals surface area contributed by atoms with Crippen molar-refractivity contribution in [2.45, 2.75) is 52.1 Å². The predicted molar refractivity (Wildman–Crippen MR) is 98.9 cm³/mol. The van der Waals surface area contributed by atoms with Crippen LogP contribution in [0.25, 0.3) is 0 Å². The Morgan fingerprint density at radius 1 is 1.17 bits per heavy atom. The maximum atomic E-state index is 6.19. The number of anilines is 1. The first kappa shape index (κ1) is 16.1. The lowest BCUT2D eigenvalue weighted by Gasteiger charge is -2.41. The van der Waals surface area contributed by atoms with Gasteiger partial charge >= 0.3 is 0 Å². The van der Waals surface area contributed by atoms with Gasteiger partial charge in [-0.2, -0.15) is 0 Å². The van der Waals surface area contributed by atoms with Gasteiger partial charge in [0.25, 0.3) is 0 Å². The first-order valence-corrected chi connectivity index (χ1v) is 8.58. The van der Waals surface area contributed by atoms with E-state index >= 15 is 0 Å². The zero-order chi connectivity index (χ0) is 16.6. The predicted octanol–water partition coefficient (Wildman–Crippen LogP) is 4.70. The van der Waals surface area contributed by atoms with Crippen LogP contribution in [0.1, 0.15) is 55.5 Å². The van der Waals surface area contributed by atoms with Gasteiger partial charge in [-0.3, -0.25) is 0 Å². The number of rotatable bonds is 3. The molecule has 0 radical (unpaired) electrons. The number of hydrogen-bond acceptors (Lipinski definition) is 2. The fraction of sp³-hybridized carbons (Fsp3) is 0.429. The molecule has 0 unspecified atom stereocenters. The van der Waals surface area contributed by atoms with Gasteiger partial charge in [0.05, 0.1) is 0 Å². The van der Waals surface area contributed by atoms with E-state index < -0.39 is 0 Å². The van der Waals surface area contributed by atoms with Crippen molar-refractivity contribution in [1.82, 2.24) is 0 Å². The highest BCUT2D eigenvalue weighted by atomic mass is 15.1. The van der Waals surface area contributed by atoms with Crippen molar-refractivity contribution in [3.63, 3.8) is 0 Å². The standard InChI is InChI=1S/C21H28N2/c1-15-12-19-20(13-18(15)16(2)22)23(11-10-21(19,3)4)14-17-8-6-5-7-9-17/h5-9,12-13,16H,10-11,14,22H2,1-4H3/t16-/m1/s1. The Hall–Kier alpha value is -1.80. The van der Waals surface area contributed by atoms with Crippen LogP contribution in [0.5, 0.6) is 0 Å². The highest BCUT2D eigenvalue weighted by molar-refractivity contribution is 5.62. The van der Waals surface area contributed by atoms with Crippen molar-refractivity contribution >= 4 is 5.69 Å². The van der Waals surface area contributed by atoms with E-state index in [9.17, 15) is 0 Å². The molecule has 2 heteroatoms. The summed E-state index contributed by atoms with van der Waals surface area (Å²) in [7, 11) is 0. The molecule has 3 rings (SSSR count). The van der Waals surface area contributed by atoms with Gasteiger partial charge in [-0.05, 0) is 54.0 Å². The van der Waals surface area contributed by atoms with E-state index in [2.05, 4.69) is 75.1 Å². The van der Waals surface area contributed by atoms with Gasteiger partial charge in [-0.15, -0.1) is 0 Å². The van der Waals surface area contributed by atoms with Crippen LogP contribution in [0.15, 0.2) is 42.5 Å². The number of aryl methyl sites for hydroxylation is 1. The second kappa shape index (κ2) is 6.01. The van der Waals surface area contributed by atoms with E-state index in [-0.39, 0.29) is 11.5 Å². The van der Waals surface area contributed by atoms with Gasteiger partial charge in [-0.25, -0.2) is 0 Å². The fourth-order valence-electron chi connectivity index (χ4n) is 3.64. The van der Waals surface area contributed by atoms with Gasteiger partial charge in [0.15, 0.2) is 0 Å². The molecule has 1 aliphatic rings. The Bertz CT molecular complexity index is 686. The minimum atomic E-state index is 0.0731. The van der Waals surface area contributed by atoms with Gasteiger partial charge < -0.3 is 10.6 Å². The van der Waals surface area contributed by atoms with Crippen molar-refractivity contribution in [2.24, 2.45) is 5.73 Å². The lowest BCUT2D eigenvalue weighted by atomic mass is 9.76. The third-order valence-electron chi connectivity index (χ3n) is 5.17. The molecule has 0 amide bonds. The molecule has 23 heavy (non-hydrogen) atoms. The van der Waals surface area contributed by atoms with E-state index in [0.717, 1.165) is 13.1 Å². The van der Waals surface area contributed by atoms with Crippen molar-refractivity contribution in [3.8, 4) is 0 Å². The average molecular weight is 308 g/mol. The molecule has 0 saturated carbocycles. The summed E-state index contributed by atoms with van der Waals surface area (Å²) in [6, 6.07) is 15.5. The Morgan fingerprint density at radius 3 is 2.52 bits per heavy atom. The van der Waals surface area contributed by atoms with Crippen LogP contribution >= 0.6 is 0 Å². The maximum absolute atomic E-state index is 6.19. The van der Waals surface area contributed by atoms with Crippen LogP contribution in [0, 0.1) is 6.92 Å². The zero-order valence-electron chi connectivity index (χ0n) is 14.8. The number of nitrogens with zero attached hydrogens (tertiary/aromatic N) is 1. The second-order valence-electron chi connectivity index (χ2n) is 7.56. The van der Waals surface area contributed by atoms with E-state index in [1.807, 2.05) is 0 Å². The molecule has 0 saturated heterocycles. The zero-order valence-corrected chi connectivity index (χ0v) is 14.8. The average Bonchev–Trinajstić information content (AvgIpc) is 2.51. The molecule has 2 nitrogen and oxygen atoms in total. The van der Waals surface area contributed by atoms with E-state index in [0.29, 0.717) is 0 Å². The van der Waals surface area contributed by atoms with Crippen molar-refractivity contribution in [3.05, 3.63) is 64.7 Å². The quantitative estimate of drug-likeness (QED) is 0.890. The van der Waals surface area contributed by atoms with Crippen molar-refractivity contribution < 1.29 is 0 Å². The van der Waals surface area contributed by atoms with Crippen LogP contribution in [0.2, 0.25) is 0 Å². The molecule has 0 aliphatic carbocycles. The molecule has 1 atom stereocenters. The molecule has 2 aromatic rings. The van der Waals surface area contributed by atoms with Crippen LogP contribution in [0.3, 0.4) is 0 Å². The fourth-order valence-corrected chi connectivity index (χ4v) is 3.64. The first-order chi connectivity index (χ1) is 10.9. The van der Waals surface area contributed by atoms with Crippen LogP contribution < -0.4 is 10.6 Å². The summed E-state index contributed by atoms with van der Waals surface area (Å²) < 4.78 is 0. The lowest BCUT2D eigenvalue weighted by molar-refractivity contribution is 0.452. The van der Waals surface area contributed by atoms with Crippen LogP contribution in [0.4, 0.5) is 5.69 Å². The number of hydrogen-bond donors (Lipinski definition) is 1. The second-order valence-corrected chi connectivity index (χ2v) is 7.56. The van der Waals surface area contributed by atoms with Crippen LogP contribution in [-0.4, -0.2) is 6.54 Å². The molecule has 0 spiro atoms. The highest BCUT2D eigenvalue weighted by Crippen LogP contribution is 2.42. The topological polar surface area (TPSA) is 29.3 Å². The lowest BCUT2D eigenvalue weighted by Crippen LogP contribution is -2.37. The summed E-state index contributed by atoms with van der Waals surface area (Å²) in [5, 5.41) is 0. The molecule has 0 bridgehead atoms. The minimum Gasteiger partial charge on any atom is -0.367 e. The molecule has 1 heterocycles. The smallest absolute Gasteiger partial charge is 0.0429 e. The largest absolute Gasteiger partial charge is 0.367 e. The Labute approximate surface area is 140 Å². The summed E-state index contributed by atoms with van der Waals surface area (Å²) in [6.07, 6.45) is 1.18. The monoisotopic (exact) mass is 308 g/mol. The third kappa shape index (κ3) is 3.13. The first-order valence-electron chi connectivity index (χ1n) is 8.58. The van der Waals surface area contributed by atoms with Crippen molar-refractivity contribution in [2.75, 3.05) is 11.4 Å². The minimum absolute atomic E-state index is 0.0731. The Kier molecular flexibility index (Phi) is 4.20. The van der Waals surface area contributed by atoms with E-state index in [4.69, 9.17) is 5.73 Å². The molecule has 122 valence electrons. The number of nitrogens with two attached hydrogens (primary N) is 1. The summed E-state index contributed by atoms with van der Waals surface area (Å²) in [4.78, 5) is 2.52. The molecular formula is C21H28N2. The highest BCUT2D eigenvalue weighted by Gasteiger charge is 2.32. The Morgan fingerprint density at radius 2 is 1.87 bits per heavy atom. The van der Waals surface area contributed by atoms with Gasteiger partial charge in [0.1, 0.15) is 0 Å². The summed E-state index contributed by atoms with van der Waals surface area (Å²) in [6.45, 7) is 11.0. The summed E-state index contributed by atoms with van der Waals surface area (Å²) in [5.74, 6) is 0. The van der Waals surface area contributed by atoms with E-state index in [1.165, 1.54) is 34.4 Å². The molecule has 2 aromatic carbocycles. The van der Waals surface area contributed by atoms with Gasteiger partial charge in [-0.1, -0.05) is 50.2 Å². The van der Waals surface area contributed by atoms with Crippen LogP contribution in [-0.2, 0) is 12.0 Å². The Balaban J connectivity index is 2.04. The summed E-state index contributed by atoms with van der Waals surface area (Å²) in [5.41, 5.74) is 13.2. The van der Waals surface area contributed by atoms with E-state index in [1.54, 1.807) is 0 Å². The molecule has 1 aliphatic heterocycles. The normalized spacial score (nSPS) is 17.7. The third-order valence-corrected chi connectivity index (χ3v) is 5.17. The summed E-state index contributed by atoms with van der Waals surface area (Å²) >= 11 is 0. The molecule has 2 N–H and O–H groups in total. The SMILES string of the molecule is Cc1cc2c(cc1[C@@H](C)N)N(Cc1ccccc1)CCC2(C)C. The van der Waals surface area contributed by atoms with Crippen molar-refractivity contribution in [1.29, 1.82) is 0 Å². The number of fused-ring (bicyclic) bond motifs is 1. The van der Waals surface area contributed by atoms with Gasteiger partial charge in [0, 0.05) is 24.8 Å².